The van der Waals surface area contributed by atoms with Crippen molar-refractivity contribution in [1.29, 1.82) is 0 Å². The molecule has 1 heterocycles. The van der Waals surface area contributed by atoms with Crippen LogP contribution in [0.2, 0.25) is 0 Å². The number of anilines is 1. The SMILES string of the molecule is NS(=O)(=O)c1ccc(N2CCNC2=O)cc1-c1ccc(F)c(F)c1. The molecule has 9 heteroatoms. The quantitative estimate of drug-likeness (QED) is 0.881. The smallest absolute Gasteiger partial charge is 0.321 e. The van der Waals surface area contributed by atoms with E-state index in [0.717, 1.165) is 12.1 Å². The first-order valence-corrected chi connectivity index (χ1v) is 8.49. The molecule has 1 aliphatic rings. The summed E-state index contributed by atoms with van der Waals surface area (Å²) in [6.07, 6.45) is 0. The fourth-order valence-corrected chi connectivity index (χ4v) is 3.28. The highest BCUT2D eigenvalue weighted by Crippen LogP contribution is 2.32. The van der Waals surface area contributed by atoms with Gasteiger partial charge in [0.05, 0.1) is 4.90 Å². The Kier molecular flexibility index (Phi) is 3.98. The Hall–Kier alpha value is -2.52. The molecule has 2 aromatic carbocycles. The van der Waals surface area contributed by atoms with E-state index in [4.69, 9.17) is 5.14 Å². The predicted octanol–water partition coefficient (Wildman–Crippen LogP) is 1.81. The molecule has 0 aliphatic carbocycles. The zero-order valence-electron chi connectivity index (χ0n) is 12.3. The van der Waals surface area contributed by atoms with E-state index in [0.29, 0.717) is 18.8 Å². The fourth-order valence-electron chi connectivity index (χ4n) is 2.54. The van der Waals surface area contributed by atoms with Crippen LogP contribution in [0.5, 0.6) is 0 Å². The highest BCUT2D eigenvalue weighted by atomic mass is 32.2. The van der Waals surface area contributed by atoms with Crippen molar-refractivity contribution in [3.05, 3.63) is 48.0 Å². The number of urea groups is 1. The zero-order chi connectivity index (χ0) is 17.5. The minimum Gasteiger partial charge on any atom is -0.336 e. The molecule has 6 nitrogen and oxygen atoms in total. The van der Waals surface area contributed by atoms with Gasteiger partial charge in [0.15, 0.2) is 11.6 Å². The van der Waals surface area contributed by atoms with Crippen LogP contribution in [0.25, 0.3) is 11.1 Å². The van der Waals surface area contributed by atoms with Gasteiger partial charge in [-0.2, -0.15) is 0 Å². The molecule has 0 saturated carbocycles. The number of hydrogen-bond donors (Lipinski definition) is 2. The minimum atomic E-state index is -4.09. The number of amides is 2. The summed E-state index contributed by atoms with van der Waals surface area (Å²) in [6.45, 7) is 0.862. The molecular formula is C15H13F2N3O3S. The van der Waals surface area contributed by atoms with Crippen LogP contribution in [0.15, 0.2) is 41.3 Å². The first kappa shape index (κ1) is 16.3. The largest absolute Gasteiger partial charge is 0.336 e. The zero-order valence-corrected chi connectivity index (χ0v) is 13.1. The molecule has 1 saturated heterocycles. The predicted molar refractivity (Wildman–Crippen MR) is 83.9 cm³/mol. The Morgan fingerprint density at radius 1 is 1.08 bits per heavy atom. The van der Waals surface area contributed by atoms with E-state index in [1.807, 2.05) is 0 Å². The van der Waals surface area contributed by atoms with Crippen molar-refractivity contribution in [1.82, 2.24) is 5.32 Å². The molecule has 0 radical (unpaired) electrons. The third-order valence-corrected chi connectivity index (χ3v) is 4.64. The molecule has 2 amide bonds. The first-order chi connectivity index (χ1) is 11.3. The van der Waals surface area contributed by atoms with Crippen LogP contribution in [0.4, 0.5) is 19.3 Å². The number of rotatable bonds is 3. The van der Waals surface area contributed by atoms with Gasteiger partial charge >= 0.3 is 6.03 Å². The van der Waals surface area contributed by atoms with Crippen LogP contribution < -0.4 is 15.4 Å². The van der Waals surface area contributed by atoms with Crippen molar-refractivity contribution < 1.29 is 22.0 Å². The second-order valence-electron chi connectivity index (χ2n) is 5.24. The molecule has 3 rings (SSSR count). The van der Waals surface area contributed by atoms with Gasteiger partial charge in [0.2, 0.25) is 10.0 Å². The van der Waals surface area contributed by atoms with Gasteiger partial charge in [-0.1, -0.05) is 6.07 Å². The third-order valence-electron chi connectivity index (χ3n) is 3.67. The molecule has 0 atom stereocenters. The van der Waals surface area contributed by atoms with Crippen LogP contribution in [0, 0.1) is 11.6 Å². The number of halogens is 2. The molecule has 126 valence electrons. The summed E-state index contributed by atoms with van der Waals surface area (Å²) >= 11 is 0. The maximum atomic E-state index is 13.5. The van der Waals surface area contributed by atoms with Crippen molar-refractivity contribution in [3.8, 4) is 11.1 Å². The Balaban J connectivity index is 2.19. The lowest BCUT2D eigenvalue weighted by Gasteiger charge is -2.17. The average molecular weight is 353 g/mol. The second-order valence-corrected chi connectivity index (χ2v) is 6.77. The number of nitrogens with one attached hydrogen (secondary N) is 1. The van der Waals surface area contributed by atoms with Crippen LogP contribution in [-0.2, 0) is 10.0 Å². The van der Waals surface area contributed by atoms with Gasteiger partial charge in [-0.3, -0.25) is 4.90 Å². The van der Waals surface area contributed by atoms with Gasteiger partial charge in [-0.15, -0.1) is 0 Å². The highest BCUT2D eigenvalue weighted by molar-refractivity contribution is 7.89. The van der Waals surface area contributed by atoms with Gasteiger partial charge in [-0.05, 0) is 35.9 Å². The second kappa shape index (κ2) is 5.84. The molecule has 2 aromatic rings. The van der Waals surface area contributed by atoms with Crippen molar-refractivity contribution in [2.24, 2.45) is 5.14 Å². The number of primary sulfonamides is 1. The molecule has 0 spiro atoms. The monoisotopic (exact) mass is 353 g/mol. The highest BCUT2D eigenvalue weighted by Gasteiger charge is 2.24. The first-order valence-electron chi connectivity index (χ1n) is 6.95. The Labute approximate surface area is 136 Å². The molecule has 3 N–H and O–H groups in total. The molecule has 1 aliphatic heterocycles. The van der Waals surface area contributed by atoms with Crippen LogP contribution in [0.3, 0.4) is 0 Å². The van der Waals surface area contributed by atoms with Gasteiger partial charge < -0.3 is 5.32 Å². The molecule has 1 fully saturated rings. The van der Waals surface area contributed by atoms with E-state index >= 15 is 0 Å². The van der Waals surface area contributed by atoms with Crippen molar-refractivity contribution in [2.75, 3.05) is 18.0 Å². The van der Waals surface area contributed by atoms with Gasteiger partial charge in [-0.25, -0.2) is 27.1 Å². The number of hydrogen-bond acceptors (Lipinski definition) is 3. The lowest BCUT2D eigenvalue weighted by molar-refractivity contribution is 0.252. The topological polar surface area (TPSA) is 92.5 Å². The number of nitrogens with two attached hydrogens (primary N) is 1. The van der Waals surface area contributed by atoms with Crippen LogP contribution >= 0.6 is 0 Å². The van der Waals surface area contributed by atoms with Crippen molar-refractivity contribution in [3.63, 3.8) is 0 Å². The van der Waals surface area contributed by atoms with E-state index in [-0.39, 0.29) is 22.1 Å². The Morgan fingerprint density at radius 2 is 1.83 bits per heavy atom. The summed E-state index contributed by atoms with van der Waals surface area (Å²) in [5.41, 5.74) is 0.658. The van der Waals surface area contributed by atoms with Crippen molar-refractivity contribution in [2.45, 2.75) is 4.90 Å². The molecule has 24 heavy (non-hydrogen) atoms. The van der Waals surface area contributed by atoms with E-state index in [2.05, 4.69) is 5.32 Å². The lowest BCUT2D eigenvalue weighted by Crippen LogP contribution is -2.27. The summed E-state index contributed by atoms with van der Waals surface area (Å²) < 4.78 is 50.3. The van der Waals surface area contributed by atoms with Crippen LogP contribution in [0.1, 0.15) is 0 Å². The average Bonchev–Trinajstić information content (AvgIpc) is 2.94. The summed E-state index contributed by atoms with van der Waals surface area (Å²) in [5.74, 6) is -2.16. The lowest BCUT2D eigenvalue weighted by atomic mass is 10.0. The normalized spacial score (nSPS) is 14.8. The number of benzene rings is 2. The number of nitrogens with zero attached hydrogens (tertiary/aromatic N) is 1. The van der Waals surface area contributed by atoms with Gasteiger partial charge in [0, 0.05) is 24.3 Å². The Morgan fingerprint density at radius 3 is 2.42 bits per heavy atom. The maximum Gasteiger partial charge on any atom is 0.321 e. The maximum absolute atomic E-state index is 13.5. The summed E-state index contributed by atoms with van der Waals surface area (Å²) in [5, 5.41) is 7.83. The van der Waals surface area contributed by atoms with Gasteiger partial charge in [0.1, 0.15) is 0 Å². The summed E-state index contributed by atoms with van der Waals surface area (Å²) in [7, 11) is -4.09. The summed E-state index contributed by atoms with van der Waals surface area (Å²) in [6, 6.07) is 6.80. The van der Waals surface area contributed by atoms with Gasteiger partial charge in [0.25, 0.3) is 0 Å². The number of carbonyl (C=O) groups excluding carboxylic acids is 1. The van der Waals surface area contributed by atoms with Crippen LogP contribution in [-0.4, -0.2) is 27.5 Å². The number of sulfonamides is 1. The Bertz CT molecular complexity index is 932. The molecule has 0 bridgehead atoms. The third kappa shape index (κ3) is 2.95. The molecule has 0 unspecified atom stereocenters. The van der Waals surface area contributed by atoms with E-state index in [1.165, 1.54) is 29.2 Å². The standard InChI is InChI=1S/C15H13F2N3O3S/c16-12-3-1-9(7-13(12)17)11-8-10(20-6-5-19-15(20)21)2-4-14(11)24(18,22)23/h1-4,7-8H,5-6H2,(H,19,21)(H2,18,22,23). The molecule has 0 aromatic heterocycles. The number of carbonyl (C=O) groups is 1. The van der Waals surface area contributed by atoms with E-state index in [9.17, 15) is 22.0 Å². The minimum absolute atomic E-state index is 0.0913. The molecular weight excluding hydrogens is 340 g/mol. The fraction of sp³-hybridized carbons (Fsp3) is 0.133. The van der Waals surface area contributed by atoms with Crippen molar-refractivity contribution >= 4 is 21.7 Å². The van der Waals surface area contributed by atoms with E-state index < -0.39 is 21.7 Å². The van der Waals surface area contributed by atoms with E-state index in [1.54, 1.807) is 0 Å². The summed E-state index contributed by atoms with van der Waals surface area (Å²) in [4.78, 5) is 12.9.